The largest absolute Gasteiger partial charge is 0.492 e. The molecule has 0 radical (unpaired) electrons. The summed E-state index contributed by atoms with van der Waals surface area (Å²) in [6.45, 7) is 2.78. The smallest absolute Gasteiger partial charge is 0.245 e. The van der Waals surface area contributed by atoms with Crippen molar-refractivity contribution in [1.82, 2.24) is 10.6 Å². The number of epoxide rings is 1. The molecule has 4 atom stereocenters. The van der Waals surface area contributed by atoms with Crippen molar-refractivity contribution >= 4 is 17.6 Å². The third kappa shape index (κ3) is 5.25. The fourth-order valence-electron chi connectivity index (χ4n) is 5.13. The number of fused-ring (bicyclic) bond motifs is 3. The van der Waals surface area contributed by atoms with Gasteiger partial charge in [0, 0.05) is 17.0 Å². The van der Waals surface area contributed by atoms with E-state index < -0.39 is 54.4 Å². The maximum absolute atomic E-state index is 13.2. The summed E-state index contributed by atoms with van der Waals surface area (Å²) in [4.78, 5) is 39.2. The topological polar surface area (TPSA) is 165 Å². The van der Waals surface area contributed by atoms with Crippen molar-refractivity contribution in [2.75, 3.05) is 40.8 Å². The molecule has 210 valence electrons. The second-order valence-electron chi connectivity index (χ2n) is 10.3. The van der Waals surface area contributed by atoms with Crippen molar-refractivity contribution in [2.45, 2.75) is 57.2 Å². The van der Waals surface area contributed by atoms with Crippen LogP contribution in [0.1, 0.15) is 37.8 Å². The molecule has 0 aromatic heterocycles. The summed E-state index contributed by atoms with van der Waals surface area (Å²) >= 11 is 0. The lowest BCUT2D eigenvalue weighted by molar-refractivity contribution is -0.135. The highest BCUT2D eigenvalue weighted by Gasteiger charge is 2.54. The Morgan fingerprint density at radius 2 is 1.71 bits per heavy atom. The first-order valence-electron chi connectivity index (χ1n) is 12.8. The van der Waals surface area contributed by atoms with Gasteiger partial charge in [-0.3, -0.25) is 14.4 Å². The van der Waals surface area contributed by atoms with Gasteiger partial charge in [0.2, 0.25) is 30.1 Å². The quantitative estimate of drug-likeness (QED) is 0.265. The molecule has 2 heterocycles. The van der Waals surface area contributed by atoms with Crippen LogP contribution >= 0.6 is 0 Å². The third-order valence-corrected chi connectivity index (χ3v) is 7.26. The van der Waals surface area contributed by atoms with Gasteiger partial charge in [0.1, 0.15) is 6.04 Å². The molecular weight excluding hydrogens is 500 g/mol. The van der Waals surface area contributed by atoms with Crippen LogP contribution in [0.15, 0.2) is 0 Å². The van der Waals surface area contributed by atoms with E-state index in [0.717, 1.165) is 11.1 Å². The molecule has 2 aliphatic heterocycles. The number of carbonyl (C=O) groups is 3. The summed E-state index contributed by atoms with van der Waals surface area (Å²) in [5.74, 6) is -0.0180. The number of benzene rings is 1. The Morgan fingerprint density at radius 1 is 1.03 bits per heavy atom. The molecule has 1 saturated heterocycles. The predicted molar refractivity (Wildman–Crippen MR) is 132 cm³/mol. The van der Waals surface area contributed by atoms with Crippen LogP contribution in [0.25, 0.3) is 0 Å². The van der Waals surface area contributed by atoms with Gasteiger partial charge < -0.3 is 44.5 Å². The minimum Gasteiger partial charge on any atom is -0.492 e. The first-order valence-corrected chi connectivity index (χ1v) is 12.8. The summed E-state index contributed by atoms with van der Waals surface area (Å²) in [5, 5.41) is 24.8. The van der Waals surface area contributed by atoms with Gasteiger partial charge in [0.15, 0.2) is 22.9 Å². The Hall–Kier alpha value is -3.09. The van der Waals surface area contributed by atoms with Crippen molar-refractivity contribution in [3.63, 3.8) is 0 Å². The molecule has 1 fully saturated rings. The molecule has 3 aliphatic rings. The summed E-state index contributed by atoms with van der Waals surface area (Å²) in [5.41, 5.74) is 0.368. The average Bonchev–Trinajstić information content (AvgIpc) is 3.56. The van der Waals surface area contributed by atoms with Gasteiger partial charge >= 0.3 is 0 Å². The number of methoxy groups -OCH3 is 2. The number of hydrogen-bond acceptors (Lipinski definition) is 10. The zero-order valence-corrected chi connectivity index (χ0v) is 22.1. The van der Waals surface area contributed by atoms with Crippen LogP contribution in [-0.4, -0.2) is 86.3 Å². The van der Waals surface area contributed by atoms with E-state index in [1.54, 1.807) is 7.11 Å². The standard InChI is InChI=1S/C26H36N2O10/c1-13(2)7-17(23(31)26(10-30)11-38-26)27-25(33)18(9-29)28-24(32)14-5-6-15-16(8-14)20-22(37-12-36-20)21(35-4)19(15)34-3/h13-14,17-18,29-30H,5-12H2,1-4H3,(H,27,33)(H,28,32). The minimum absolute atomic E-state index is 0.0216. The number of nitrogens with one attached hydrogen (secondary N) is 2. The van der Waals surface area contributed by atoms with Gasteiger partial charge in [0.25, 0.3) is 0 Å². The van der Waals surface area contributed by atoms with Gasteiger partial charge in [-0.15, -0.1) is 0 Å². The van der Waals surface area contributed by atoms with Crippen LogP contribution in [0.3, 0.4) is 0 Å². The predicted octanol–water partition coefficient (Wildman–Crippen LogP) is -0.124. The first kappa shape index (κ1) is 27.9. The number of ether oxygens (including phenoxy) is 5. The minimum atomic E-state index is -1.30. The van der Waals surface area contributed by atoms with Gasteiger partial charge in [-0.2, -0.15) is 0 Å². The van der Waals surface area contributed by atoms with E-state index in [-0.39, 0.29) is 19.3 Å². The number of rotatable bonds is 12. The van der Waals surface area contributed by atoms with E-state index in [4.69, 9.17) is 23.7 Å². The molecular formula is C26H36N2O10. The molecule has 4 rings (SSSR count). The van der Waals surface area contributed by atoms with Gasteiger partial charge in [-0.25, -0.2) is 0 Å². The molecule has 0 spiro atoms. The van der Waals surface area contributed by atoms with Crippen molar-refractivity contribution in [2.24, 2.45) is 11.8 Å². The normalized spacial score (nSPS) is 22.8. The SMILES string of the molecule is COc1c2c(c3c(c1OC)OCO3)CC(C(=O)NC(CO)C(=O)NC(CC(C)C)C(=O)C1(CO)CO1)CC2. The molecule has 1 aromatic carbocycles. The van der Waals surface area contributed by atoms with Crippen LogP contribution in [0.4, 0.5) is 0 Å². The molecule has 12 nitrogen and oxygen atoms in total. The Balaban J connectivity index is 1.46. The maximum atomic E-state index is 13.2. The molecule has 0 bridgehead atoms. The Morgan fingerprint density at radius 3 is 2.29 bits per heavy atom. The lowest BCUT2D eigenvalue weighted by Crippen LogP contribution is -2.56. The second-order valence-corrected chi connectivity index (χ2v) is 10.3. The van der Waals surface area contributed by atoms with Crippen molar-refractivity contribution in [1.29, 1.82) is 0 Å². The first-order chi connectivity index (χ1) is 18.2. The highest BCUT2D eigenvalue weighted by molar-refractivity contribution is 5.98. The van der Waals surface area contributed by atoms with Crippen LogP contribution in [0.5, 0.6) is 23.0 Å². The van der Waals surface area contributed by atoms with Crippen LogP contribution in [0, 0.1) is 11.8 Å². The van der Waals surface area contributed by atoms with E-state index in [0.29, 0.717) is 48.7 Å². The number of amides is 2. The van der Waals surface area contributed by atoms with Gasteiger partial charge in [-0.05, 0) is 31.6 Å². The zero-order chi connectivity index (χ0) is 27.6. The molecule has 1 aliphatic carbocycles. The van der Waals surface area contributed by atoms with Gasteiger partial charge in [0.05, 0.1) is 40.1 Å². The summed E-state index contributed by atoms with van der Waals surface area (Å²) in [6, 6.07) is -2.18. The van der Waals surface area contributed by atoms with Crippen molar-refractivity contribution in [3.05, 3.63) is 11.1 Å². The second kappa shape index (κ2) is 11.3. The number of aliphatic hydroxyl groups is 2. The maximum Gasteiger partial charge on any atom is 0.245 e. The van der Waals surface area contributed by atoms with Gasteiger partial charge in [-0.1, -0.05) is 13.8 Å². The molecule has 12 heteroatoms. The number of Topliss-reactive ketones (excluding diaryl/α,β-unsaturated/α-hetero) is 1. The highest BCUT2D eigenvalue weighted by atomic mass is 16.7. The van der Waals surface area contributed by atoms with E-state index >= 15 is 0 Å². The van der Waals surface area contributed by atoms with E-state index in [2.05, 4.69) is 10.6 Å². The lowest BCUT2D eigenvalue weighted by Gasteiger charge is -2.29. The average molecular weight is 537 g/mol. The van der Waals surface area contributed by atoms with Crippen LogP contribution < -0.4 is 29.6 Å². The number of carbonyl (C=O) groups excluding carboxylic acids is 3. The molecule has 4 N–H and O–H groups in total. The molecule has 4 unspecified atom stereocenters. The van der Waals surface area contributed by atoms with E-state index in [9.17, 15) is 24.6 Å². The summed E-state index contributed by atoms with van der Waals surface area (Å²) in [7, 11) is 3.06. The van der Waals surface area contributed by atoms with E-state index in [1.165, 1.54) is 7.11 Å². The molecule has 1 aromatic rings. The van der Waals surface area contributed by atoms with Crippen LogP contribution in [-0.2, 0) is 32.0 Å². The van der Waals surface area contributed by atoms with Crippen molar-refractivity contribution in [3.8, 4) is 23.0 Å². The summed E-state index contributed by atoms with van der Waals surface area (Å²) < 4.78 is 27.5. The summed E-state index contributed by atoms with van der Waals surface area (Å²) in [6.07, 6.45) is 1.62. The number of aliphatic hydroxyl groups excluding tert-OH is 2. The fraction of sp³-hybridized carbons (Fsp3) is 0.654. The monoisotopic (exact) mass is 536 g/mol. The number of ketones is 1. The Kier molecular flexibility index (Phi) is 8.34. The lowest BCUT2D eigenvalue weighted by atomic mass is 9.81. The molecule has 0 saturated carbocycles. The Labute approximate surface area is 220 Å². The Bertz CT molecular complexity index is 1080. The van der Waals surface area contributed by atoms with E-state index in [1.807, 2.05) is 13.8 Å². The zero-order valence-electron chi connectivity index (χ0n) is 22.1. The fourth-order valence-corrected chi connectivity index (χ4v) is 5.13. The molecule has 2 amide bonds. The molecule has 38 heavy (non-hydrogen) atoms. The van der Waals surface area contributed by atoms with Crippen LogP contribution in [0.2, 0.25) is 0 Å². The van der Waals surface area contributed by atoms with Crippen molar-refractivity contribution < 1.29 is 48.3 Å². The highest BCUT2D eigenvalue weighted by Crippen LogP contribution is 2.54. The third-order valence-electron chi connectivity index (χ3n) is 7.26. The number of hydrogen-bond donors (Lipinski definition) is 4.